The molecular weight excluding hydrogens is 950 g/mol. The van der Waals surface area contributed by atoms with Crippen molar-refractivity contribution < 1.29 is 149 Å². The number of aliphatic hydroxyl groups excluding tert-OH is 18. The molecule has 0 radical (unpaired) electrons. The van der Waals surface area contributed by atoms with Gasteiger partial charge in [0.25, 0.3) is 0 Å². The van der Waals surface area contributed by atoms with E-state index < -0.39 is 223 Å². The second-order valence-corrected chi connectivity index (χ2v) is 17.5. The van der Waals surface area contributed by atoms with E-state index in [-0.39, 0.29) is 0 Å². The maximum Gasteiger partial charge on any atom is 0.217 e. The van der Waals surface area contributed by atoms with Gasteiger partial charge in [-0.2, -0.15) is 0 Å². The number of nitrogens with one attached hydrogen (secondary N) is 1. The van der Waals surface area contributed by atoms with Crippen LogP contribution in [0.15, 0.2) is 0 Å². The molecule has 0 aromatic heterocycles. The Labute approximate surface area is 390 Å². The molecule has 6 rings (SSSR count). The molecule has 6 fully saturated rings. The number of hydrogen-bond donors (Lipinski definition) is 19. The van der Waals surface area contributed by atoms with Crippen molar-refractivity contribution in [3.63, 3.8) is 0 Å². The summed E-state index contributed by atoms with van der Waals surface area (Å²) in [6, 6.07) is -1.80. The van der Waals surface area contributed by atoms with Gasteiger partial charge >= 0.3 is 0 Å². The first-order valence-corrected chi connectivity index (χ1v) is 22.0. The second kappa shape index (κ2) is 24.1. The fourth-order valence-corrected chi connectivity index (χ4v) is 8.83. The van der Waals surface area contributed by atoms with Crippen molar-refractivity contribution in [1.29, 1.82) is 0 Å². The van der Waals surface area contributed by atoms with Crippen molar-refractivity contribution in [2.24, 2.45) is 0 Å². The van der Waals surface area contributed by atoms with Crippen molar-refractivity contribution in [2.75, 3.05) is 33.0 Å². The fourth-order valence-electron chi connectivity index (χ4n) is 8.83. The molecule has 0 aromatic carbocycles. The van der Waals surface area contributed by atoms with Gasteiger partial charge in [0.05, 0.1) is 39.1 Å². The molecule has 6 aliphatic rings. The summed E-state index contributed by atoms with van der Waals surface area (Å²) in [6.45, 7) is -2.58. The van der Waals surface area contributed by atoms with E-state index in [1.165, 1.54) is 6.92 Å². The van der Waals surface area contributed by atoms with Gasteiger partial charge in [-0.05, 0) is 6.92 Å². The maximum atomic E-state index is 12.8. The van der Waals surface area contributed by atoms with Gasteiger partial charge in [-0.1, -0.05) is 0 Å². The molecule has 6 heterocycles. The minimum absolute atomic E-state index is 0.870. The van der Waals surface area contributed by atoms with Crippen LogP contribution in [0.4, 0.5) is 0 Å². The molecule has 0 saturated carbocycles. The Kier molecular flexibility index (Phi) is 19.8. The molecule has 0 unspecified atom stereocenters. The fraction of sp³-hybridized carbons (Fsp3) is 0.974. The molecule has 0 aromatic rings. The van der Waals surface area contributed by atoms with E-state index in [4.69, 9.17) is 52.1 Å². The van der Waals surface area contributed by atoms with Gasteiger partial charge < -0.3 is 149 Å². The standard InChI is InChI=1S/C38H65NO30/c1-8-16(46)21(51)25(55)35(59-8)69-32-22(52)17(47)10(3-40)64-38(32)66-29-15(39-9(2)45)34(61-11(4-41)18(29)48)67-30-19(49)12(5-42)63-37(26(30)56)68-31-20(50)13(6-43)62-36(27(31)57)65-28-14(7-44)60-33(58)24(54)23(28)53/h8,10-38,40-44,46-58H,3-7H2,1-2H3,(H,39,45)/t8-,10+,11+,12+,13+,14+,15+,16+,17-,18-,19-,20-,21+,22-,23+,24+,25-,26+,27+,28+,29+,30-,31-,32+,33+,34-,35-,36-,37+,38-/m0/s1. The third-order valence-corrected chi connectivity index (χ3v) is 12.8. The Bertz CT molecular complexity index is 1610. The molecule has 69 heavy (non-hydrogen) atoms. The van der Waals surface area contributed by atoms with Crippen LogP contribution in [0.3, 0.4) is 0 Å². The number of hydrogen-bond acceptors (Lipinski definition) is 30. The summed E-state index contributed by atoms with van der Waals surface area (Å²) in [5.74, 6) is -0.870. The van der Waals surface area contributed by atoms with Gasteiger partial charge in [-0.15, -0.1) is 0 Å². The molecule has 6 saturated heterocycles. The van der Waals surface area contributed by atoms with E-state index in [9.17, 15) is 96.7 Å². The van der Waals surface area contributed by atoms with Crippen LogP contribution in [0.1, 0.15) is 13.8 Å². The molecule has 402 valence electrons. The first kappa shape index (κ1) is 56.6. The van der Waals surface area contributed by atoms with E-state index in [1.54, 1.807) is 0 Å². The molecular formula is C38H65NO30. The topological polar surface area (TPSA) is 495 Å². The monoisotopic (exact) mass is 1020 g/mol. The van der Waals surface area contributed by atoms with Gasteiger partial charge in [0.15, 0.2) is 37.7 Å². The summed E-state index contributed by atoms with van der Waals surface area (Å²) < 4.78 is 62.4. The Morgan fingerprint density at radius 3 is 1.28 bits per heavy atom. The predicted molar refractivity (Wildman–Crippen MR) is 209 cm³/mol. The number of amides is 1. The molecule has 1 amide bonds. The maximum absolute atomic E-state index is 12.8. The van der Waals surface area contributed by atoms with E-state index in [0.717, 1.165) is 6.92 Å². The summed E-state index contributed by atoms with van der Waals surface area (Å²) in [6.07, 6.45) is -54.8. The molecule has 30 atom stereocenters. The van der Waals surface area contributed by atoms with E-state index in [1.807, 2.05) is 0 Å². The average Bonchev–Trinajstić information content (AvgIpc) is 3.32. The molecule has 31 nitrogen and oxygen atoms in total. The lowest BCUT2D eigenvalue weighted by Gasteiger charge is -2.51. The quantitative estimate of drug-likeness (QED) is 0.0682. The zero-order valence-electron chi connectivity index (χ0n) is 36.8. The van der Waals surface area contributed by atoms with Crippen LogP contribution < -0.4 is 5.32 Å². The van der Waals surface area contributed by atoms with Crippen molar-refractivity contribution >= 4 is 5.91 Å². The van der Waals surface area contributed by atoms with Crippen molar-refractivity contribution in [2.45, 2.75) is 198 Å². The molecule has 0 spiro atoms. The number of ether oxygens (including phenoxy) is 11. The lowest BCUT2D eigenvalue weighted by Crippen LogP contribution is -2.70. The zero-order valence-corrected chi connectivity index (χ0v) is 36.8. The molecule has 6 aliphatic heterocycles. The van der Waals surface area contributed by atoms with E-state index in [0.29, 0.717) is 0 Å². The lowest BCUT2D eigenvalue weighted by atomic mass is 9.94. The van der Waals surface area contributed by atoms with Crippen molar-refractivity contribution in [1.82, 2.24) is 5.32 Å². The van der Waals surface area contributed by atoms with E-state index in [2.05, 4.69) is 5.32 Å². The van der Waals surface area contributed by atoms with Crippen LogP contribution in [0.25, 0.3) is 0 Å². The Morgan fingerprint density at radius 1 is 0.377 bits per heavy atom. The third kappa shape index (κ3) is 11.8. The number of carbonyl (C=O) groups excluding carboxylic acids is 1. The van der Waals surface area contributed by atoms with Crippen LogP contribution in [0.5, 0.6) is 0 Å². The van der Waals surface area contributed by atoms with Crippen molar-refractivity contribution in [3.05, 3.63) is 0 Å². The highest BCUT2D eigenvalue weighted by molar-refractivity contribution is 5.73. The SMILES string of the molecule is CC(=O)N[C@H]1[C@H](O[C@H]2[C@@H](O)[C@@H](CO)O[C@H](O[C@H]3[C@@H](O)[C@@H](CO)O[C@@H](O[C@H]4[C@H](O)[C@@H](O)[C@H](O)O[C@@H]4CO)[C@@H]3O)[C@@H]2O)O[C@H](CO)[C@H](O)[C@@H]1O[C@@H]1O[C@H](CO)[C@H](O)[C@H](O)[C@H]1O[C@@H]1O[C@@H](C)[C@@H](O)[C@@H](O)[C@@H]1O. The number of carbonyl (C=O) groups is 1. The first-order valence-electron chi connectivity index (χ1n) is 22.0. The highest BCUT2D eigenvalue weighted by atomic mass is 16.8. The van der Waals surface area contributed by atoms with Crippen LogP contribution >= 0.6 is 0 Å². The van der Waals surface area contributed by atoms with Gasteiger partial charge in [-0.3, -0.25) is 4.79 Å². The molecule has 31 heteroatoms. The lowest BCUT2D eigenvalue weighted by molar-refractivity contribution is -0.393. The molecule has 0 aliphatic carbocycles. The molecule has 0 bridgehead atoms. The second-order valence-electron chi connectivity index (χ2n) is 17.5. The van der Waals surface area contributed by atoms with Crippen LogP contribution in [-0.2, 0) is 56.9 Å². The highest BCUT2D eigenvalue weighted by Crippen LogP contribution is 2.37. The Hall–Kier alpha value is -1.69. The minimum Gasteiger partial charge on any atom is -0.394 e. The summed E-state index contributed by atoms with van der Waals surface area (Å²) in [5.41, 5.74) is 0. The largest absolute Gasteiger partial charge is 0.394 e. The third-order valence-electron chi connectivity index (χ3n) is 12.8. The van der Waals surface area contributed by atoms with Crippen LogP contribution in [0.2, 0.25) is 0 Å². The van der Waals surface area contributed by atoms with E-state index >= 15 is 0 Å². The minimum atomic E-state index is -2.25. The van der Waals surface area contributed by atoms with Crippen LogP contribution in [0, 0.1) is 0 Å². The summed E-state index contributed by atoms with van der Waals surface area (Å²) >= 11 is 0. The summed E-state index contributed by atoms with van der Waals surface area (Å²) in [4.78, 5) is 12.8. The highest BCUT2D eigenvalue weighted by Gasteiger charge is 2.58. The number of aliphatic hydroxyl groups is 18. The first-order chi connectivity index (χ1) is 32.6. The smallest absolute Gasteiger partial charge is 0.217 e. The number of rotatable bonds is 16. The normalized spacial score (nSPS) is 52.1. The average molecular weight is 1020 g/mol. The van der Waals surface area contributed by atoms with Gasteiger partial charge in [0.1, 0.15) is 140 Å². The Balaban J connectivity index is 1.26. The van der Waals surface area contributed by atoms with Gasteiger partial charge in [-0.25, -0.2) is 0 Å². The van der Waals surface area contributed by atoms with Gasteiger partial charge in [0.2, 0.25) is 5.91 Å². The predicted octanol–water partition coefficient (Wildman–Crippen LogP) is -12.9. The summed E-state index contributed by atoms with van der Waals surface area (Å²) in [7, 11) is 0. The van der Waals surface area contributed by atoms with Crippen LogP contribution in [-0.4, -0.2) is 315 Å². The Morgan fingerprint density at radius 2 is 0.768 bits per heavy atom. The molecule has 19 N–H and O–H groups in total. The van der Waals surface area contributed by atoms with Gasteiger partial charge in [0, 0.05) is 6.92 Å². The zero-order chi connectivity index (χ0) is 50.9. The summed E-state index contributed by atoms with van der Waals surface area (Å²) in [5, 5.41) is 194. The van der Waals surface area contributed by atoms with Crippen molar-refractivity contribution in [3.8, 4) is 0 Å².